The van der Waals surface area contributed by atoms with E-state index in [9.17, 15) is 9.59 Å². The van der Waals surface area contributed by atoms with Crippen LogP contribution in [0.2, 0.25) is 0 Å². The van der Waals surface area contributed by atoms with Gasteiger partial charge in [0.05, 0.1) is 12.3 Å². The molecule has 1 aromatic carbocycles. The molecule has 1 aliphatic heterocycles. The Morgan fingerprint density at radius 2 is 1.76 bits per heavy atom. The molecule has 0 aliphatic carbocycles. The van der Waals surface area contributed by atoms with E-state index in [4.69, 9.17) is 0 Å². The molecule has 33 heavy (non-hydrogen) atoms. The summed E-state index contributed by atoms with van der Waals surface area (Å²) in [5, 5.41) is 4.98. The summed E-state index contributed by atoms with van der Waals surface area (Å²) in [5.74, 6) is 0.445. The number of carbonyl (C=O) groups excluding carboxylic acids is 2. The summed E-state index contributed by atoms with van der Waals surface area (Å²) in [7, 11) is 0. The third-order valence-corrected chi connectivity index (χ3v) is 8.19. The van der Waals surface area contributed by atoms with Crippen LogP contribution in [0.25, 0.3) is 10.2 Å². The Labute approximate surface area is 202 Å². The SMILES string of the molecule is Cc1cccc(C)c1NC(=O)CN1CCN(C(=O)CSc2ncnc3sc(C)c(C)c23)CC1. The van der Waals surface area contributed by atoms with E-state index < -0.39 is 0 Å². The van der Waals surface area contributed by atoms with Crippen molar-refractivity contribution in [2.45, 2.75) is 32.7 Å². The Morgan fingerprint density at radius 1 is 1.06 bits per heavy atom. The van der Waals surface area contributed by atoms with Gasteiger partial charge in [0.1, 0.15) is 16.2 Å². The highest BCUT2D eigenvalue weighted by Gasteiger charge is 2.23. The van der Waals surface area contributed by atoms with Gasteiger partial charge in [-0.15, -0.1) is 11.3 Å². The van der Waals surface area contributed by atoms with Crippen molar-refractivity contribution in [3.8, 4) is 0 Å². The number of fused-ring (bicyclic) bond motifs is 1. The number of thiophene rings is 1. The summed E-state index contributed by atoms with van der Waals surface area (Å²) < 4.78 is 0. The minimum Gasteiger partial charge on any atom is -0.339 e. The highest BCUT2D eigenvalue weighted by molar-refractivity contribution is 8.00. The van der Waals surface area contributed by atoms with Crippen molar-refractivity contribution in [2.24, 2.45) is 0 Å². The van der Waals surface area contributed by atoms with E-state index in [0.29, 0.717) is 38.5 Å². The first-order valence-corrected chi connectivity index (χ1v) is 12.8. The highest BCUT2D eigenvalue weighted by atomic mass is 32.2. The molecule has 1 saturated heterocycles. The zero-order valence-corrected chi connectivity index (χ0v) is 21.1. The minimum atomic E-state index is -0.0167. The summed E-state index contributed by atoms with van der Waals surface area (Å²) >= 11 is 3.15. The van der Waals surface area contributed by atoms with Gasteiger partial charge < -0.3 is 10.2 Å². The standard InChI is InChI=1S/C24H29N5O2S2/c1-15-6-5-7-16(2)22(15)27-19(30)12-28-8-10-29(11-9-28)20(31)13-32-23-21-17(3)18(4)33-24(21)26-14-25-23/h5-7,14H,8-13H2,1-4H3,(H,27,30). The second kappa shape index (κ2) is 10.2. The summed E-state index contributed by atoms with van der Waals surface area (Å²) in [5.41, 5.74) is 4.21. The molecular formula is C24H29N5O2S2. The van der Waals surface area contributed by atoms with Crippen molar-refractivity contribution in [3.05, 3.63) is 46.1 Å². The van der Waals surface area contributed by atoms with Crippen LogP contribution in [-0.2, 0) is 9.59 Å². The zero-order chi connectivity index (χ0) is 23.5. The van der Waals surface area contributed by atoms with Crippen LogP contribution in [0.15, 0.2) is 29.6 Å². The Hall–Kier alpha value is -2.49. The van der Waals surface area contributed by atoms with Crippen LogP contribution in [0.3, 0.4) is 0 Å². The molecule has 9 heteroatoms. The number of para-hydroxylation sites is 1. The van der Waals surface area contributed by atoms with Crippen molar-refractivity contribution in [3.63, 3.8) is 0 Å². The molecule has 0 saturated carbocycles. The number of hydrogen-bond acceptors (Lipinski definition) is 7. The maximum absolute atomic E-state index is 12.8. The molecule has 0 bridgehead atoms. The van der Waals surface area contributed by atoms with Gasteiger partial charge in [0.2, 0.25) is 11.8 Å². The van der Waals surface area contributed by atoms with Gasteiger partial charge in [0.25, 0.3) is 0 Å². The van der Waals surface area contributed by atoms with Crippen LogP contribution in [0, 0.1) is 27.7 Å². The highest BCUT2D eigenvalue weighted by Crippen LogP contribution is 2.34. The molecule has 4 rings (SSSR count). The predicted octanol–water partition coefficient (Wildman–Crippen LogP) is 3.80. The van der Waals surface area contributed by atoms with Crippen molar-refractivity contribution in [1.29, 1.82) is 0 Å². The second-order valence-corrected chi connectivity index (χ2v) is 10.6. The Bertz CT molecular complexity index is 1160. The maximum atomic E-state index is 12.8. The lowest BCUT2D eigenvalue weighted by molar-refractivity contribution is -0.130. The molecule has 3 heterocycles. The van der Waals surface area contributed by atoms with Crippen LogP contribution >= 0.6 is 23.1 Å². The number of anilines is 1. The molecule has 7 nitrogen and oxygen atoms in total. The molecule has 0 atom stereocenters. The van der Waals surface area contributed by atoms with E-state index in [-0.39, 0.29) is 11.8 Å². The first-order chi connectivity index (χ1) is 15.8. The van der Waals surface area contributed by atoms with Gasteiger partial charge in [-0.1, -0.05) is 30.0 Å². The number of nitrogens with one attached hydrogen (secondary N) is 1. The number of hydrogen-bond donors (Lipinski definition) is 1. The fraction of sp³-hybridized carbons (Fsp3) is 0.417. The molecule has 2 aromatic heterocycles. The Kier molecular flexibility index (Phi) is 7.31. The lowest BCUT2D eigenvalue weighted by Gasteiger charge is -2.34. The normalized spacial score (nSPS) is 14.6. The van der Waals surface area contributed by atoms with E-state index in [1.165, 1.54) is 22.2 Å². The molecule has 1 aliphatic rings. The summed E-state index contributed by atoms with van der Waals surface area (Å²) in [6.45, 7) is 11.1. The predicted molar refractivity (Wildman–Crippen MR) is 135 cm³/mol. The van der Waals surface area contributed by atoms with Crippen molar-refractivity contribution in [1.82, 2.24) is 19.8 Å². The van der Waals surface area contributed by atoms with Gasteiger partial charge in [-0.05, 0) is 44.4 Å². The van der Waals surface area contributed by atoms with Gasteiger partial charge in [0.15, 0.2) is 0 Å². The molecule has 174 valence electrons. The van der Waals surface area contributed by atoms with E-state index in [1.54, 1.807) is 17.7 Å². The topological polar surface area (TPSA) is 78.4 Å². The first-order valence-electron chi connectivity index (χ1n) is 11.0. The number of piperazine rings is 1. The van der Waals surface area contributed by atoms with Crippen LogP contribution in [0.4, 0.5) is 5.69 Å². The molecule has 0 spiro atoms. The van der Waals surface area contributed by atoms with E-state index in [1.807, 2.05) is 36.9 Å². The fourth-order valence-corrected chi connectivity index (χ4v) is 6.05. The van der Waals surface area contributed by atoms with Crippen LogP contribution < -0.4 is 5.32 Å². The molecule has 1 N–H and O–H groups in total. The lowest BCUT2D eigenvalue weighted by Crippen LogP contribution is -2.50. The zero-order valence-electron chi connectivity index (χ0n) is 19.5. The lowest BCUT2D eigenvalue weighted by atomic mass is 10.1. The number of aromatic nitrogens is 2. The number of amides is 2. The van der Waals surface area contributed by atoms with Gasteiger partial charge in [0, 0.05) is 42.1 Å². The van der Waals surface area contributed by atoms with Crippen molar-refractivity contribution in [2.75, 3.05) is 43.8 Å². The smallest absolute Gasteiger partial charge is 0.238 e. The third kappa shape index (κ3) is 5.37. The summed E-state index contributed by atoms with van der Waals surface area (Å²) in [4.78, 5) is 40.3. The van der Waals surface area contributed by atoms with Crippen LogP contribution in [-0.4, -0.2) is 70.1 Å². The maximum Gasteiger partial charge on any atom is 0.238 e. The molecular weight excluding hydrogens is 454 g/mol. The number of nitrogens with zero attached hydrogens (tertiary/aromatic N) is 4. The molecule has 0 unspecified atom stereocenters. The average Bonchev–Trinajstić information content (AvgIpc) is 3.09. The first kappa shape index (κ1) is 23.7. The third-order valence-electron chi connectivity index (χ3n) is 6.10. The number of aryl methyl sites for hydroxylation is 4. The average molecular weight is 484 g/mol. The molecule has 3 aromatic rings. The fourth-order valence-electron chi connectivity index (χ4n) is 4.03. The van der Waals surface area contributed by atoms with E-state index in [0.717, 1.165) is 32.1 Å². The van der Waals surface area contributed by atoms with E-state index >= 15 is 0 Å². The quantitative estimate of drug-likeness (QED) is 0.424. The van der Waals surface area contributed by atoms with Gasteiger partial charge in [-0.3, -0.25) is 14.5 Å². The number of carbonyl (C=O) groups is 2. The second-order valence-electron chi connectivity index (χ2n) is 8.40. The van der Waals surface area contributed by atoms with Crippen molar-refractivity contribution < 1.29 is 9.59 Å². The van der Waals surface area contributed by atoms with Gasteiger partial charge >= 0.3 is 0 Å². The number of thioether (sulfide) groups is 1. The van der Waals surface area contributed by atoms with E-state index in [2.05, 4.69) is 34.0 Å². The molecule has 1 fully saturated rings. The van der Waals surface area contributed by atoms with Gasteiger partial charge in [-0.2, -0.15) is 0 Å². The number of rotatable bonds is 6. The molecule has 0 radical (unpaired) electrons. The van der Waals surface area contributed by atoms with Crippen LogP contribution in [0.1, 0.15) is 21.6 Å². The monoisotopic (exact) mass is 483 g/mol. The Balaban J connectivity index is 1.27. The largest absolute Gasteiger partial charge is 0.339 e. The van der Waals surface area contributed by atoms with Gasteiger partial charge in [-0.25, -0.2) is 9.97 Å². The summed E-state index contributed by atoms with van der Waals surface area (Å²) in [6, 6.07) is 5.99. The minimum absolute atomic E-state index is 0.0167. The number of benzene rings is 1. The Morgan fingerprint density at radius 3 is 2.45 bits per heavy atom. The summed E-state index contributed by atoms with van der Waals surface area (Å²) in [6.07, 6.45) is 1.58. The van der Waals surface area contributed by atoms with Crippen molar-refractivity contribution >= 4 is 50.8 Å². The molecule has 2 amide bonds. The van der Waals surface area contributed by atoms with Crippen LogP contribution in [0.5, 0.6) is 0 Å².